The van der Waals surface area contributed by atoms with Gasteiger partial charge in [-0.25, -0.2) is 0 Å². The van der Waals surface area contributed by atoms with E-state index in [0.717, 1.165) is 17.5 Å². The number of hydrogen-bond donors (Lipinski definition) is 0. The smallest absolute Gasteiger partial charge is 0.326 e. The van der Waals surface area contributed by atoms with E-state index in [1.165, 1.54) is 11.1 Å². The number of ether oxygens (including phenoxy) is 1. The molecule has 0 fully saturated rings. The van der Waals surface area contributed by atoms with Crippen molar-refractivity contribution in [2.75, 3.05) is 6.61 Å². The number of carbonyl (C=O) groups is 2. The lowest BCUT2D eigenvalue weighted by Gasteiger charge is -2.14. The van der Waals surface area contributed by atoms with Crippen molar-refractivity contribution < 1.29 is 14.3 Å². The minimum absolute atomic E-state index is 0.0748. The molecule has 1 aliphatic rings. The summed E-state index contributed by atoms with van der Waals surface area (Å²) in [7, 11) is 0. The van der Waals surface area contributed by atoms with Gasteiger partial charge in [0.15, 0.2) is 17.8 Å². The number of esters is 1. The fraction of sp³-hybridized carbons (Fsp3) is 0.100. The SMILES string of the molecule is O=C(Cn1c2ccccc2c(=O)c2ccccc21)OCC(=O)c1ccc2c(c1)-c1ccccc1C2. The Labute approximate surface area is 201 Å². The number of aromatic nitrogens is 1. The molecule has 1 heterocycles. The normalized spacial score (nSPS) is 11.9. The molecule has 6 rings (SSSR count). The number of ketones is 1. The zero-order valence-corrected chi connectivity index (χ0v) is 18.9. The van der Waals surface area contributed by atoms with Crippen LogP contribution < -0.4 is 5.43 Å². The van der Waals surface area contributed by atoms with Gasteiger partial charge in [0.05, 0.1) is 11.0 Å². The van der Waals surface area contributed by atoms with Crippen molar-refractivity contribution in [2.45, 2.75) is 13.0 Å². The van der Waals surface area contributed by atoms with Gasteiger partial charge in [-0.2, -0.15) is 0 Å². The van der Waals surface area contributed by atoms with E-state index < -0.39 is 5.97 Å². The quantitative estimate of drug-likeness (QED) is 0.203. The number of nitrogens with zero attached hydrogens (tertiary/aromatic N) is 1. The fourth-order valence-electron chi connectivity index (χ4n) is 4.95. The Morgan fingerprint density at radius 3 is 2.11 bits per heavy atom. The lowest BCUT2D eigenvalue weighted by molar-refractivity contribution is -0.143. The highest BCUT2D eigenvalue weighted by molar-refractivity contribution is 6.00. The van der Waals surface area contributed by atoms with E-state index >= 15 is 0 Å². The van der Waals surface area contributed by atoms with Gasteiger partial charge in [-0.05, 0) is 59.0 Å². The van der Waals surface area contributed by atoms with Crippen molar-refractivity contribution in [3.05, 3.63) is 118 Å². The van der Waals surface area contributed by atoms with E-state index in [0.29, 0.717) is 27.4 Å². The molecule has 170 valence electrons. The maximum atomic E-state index is 12.9. The first-order valence-electron chi connectivity index (χ1n) is 11.5. The summed E-state index contributed by atoms with van der Waals surface area (Å²) >= 11 is 0. The summed E-state index contributed by atoms with van der Waals surface area (Å²) in [5.74, 6) is -0.788. The summed E-state index contributed by atoms with van der Waals surface area (Å²) in [5.41, 5.74) is 6.39. The first-order chi connectivity index (χ1) is 17.1. The minimum atomic E-state index is -0.538. The Morgan fingerprint density at radius 2 is 1.37 bits per heavy atom. The molecule has 0 saturated carbocycles. The van der Waals surface area contributed by atoms with Crippen LogP contribution in [0.25, 0.3) is 32.9 Å². The summed E-state index contributed by atoms with van der Waals surface area (Å²) in [4.78, 5) is 38.5. The first kappa shape index (κ1) is 21.1. The Bertz CT molecular complexity index is 1650. The van der Waals surface area contributed by atoms with E-state index in [1.807, 2.05) is 48.5 Å². The van der Waals surface area contributed by atoms with Crippen molar-refractivity contribution in [1.82, 2.24) is 4.57 Å². The summed E-state index contributed by atoms with van der Waals surface area (Å²) in [5, 5.41) is 1.07. The van der Waals surface area contributed by atoms with Gasteiger partial charge >= 0.3 is 5.97 Å². The van der Waals surface area contributed by atoms with Crippen LogP contribution in [0.15, 0.2) is 95.8 Å². The number of carbonyl (C=O) groups excluding carboxylic acids is 2. The van der Waals surface area contributed by atoms with E-state index in [1.54, 1.807) is 34.9 Å². The van der Waals surface area contributed by atoms with Gasteiger partial charge in [-0.15, -0.1) is 0 Å². The molecule has 0 bridgehead atoms. The predicted octanol–water partition coefficient (Wildman–Crippen LogP) is 5.15. The van der Waals surface area contributed by atoms with Crippen LogP contribution in [-0.2, 0) is 22.5 Å². The predicted molar refractivity (Wildman–Crippen MR) is 136 cm³/mol. The molecule has 5 aromatic rings. The maximum Gasteiger partial charge on any atom is 0.326 e. The van der Waals surface area contributed by atoms with Crippen molar-refractivity contribution in [1.29, 1.82) is 0 Å². The number of fused-ring (bicyclic) bond motifs is 5. The lowest BCUT2D eigenvalue weighted by atomic mass is 10.0. The molecule has 5 nitrogen and oxygen atoms in total. The van der Waals surface area contributed by atoms with Crippen molar-refractivity contribution in [3.8, 4) is 11.1 Å². The molecule has 35 heavy (non-hydrogen) atoms. The van der Waals surface area contributed by atoms with Gasteiger partial charge in [-0.1, -0.05) is 60.7 Å². The van der Waals surface area contributed by atoms with Crippen LogP contribution in [-0.4, -0.2) is 22.9 Å². The Balaban J connectivity index is 1.23. The molecule has 0 aliphatic heterocycles. The highest BCUT2D eigenvalue weighted by Gasteiger charge is 2.20. The van der Waals surface area contributed by atoms with Gasteiger partial charge in [-0.3, -0.25) is 14.4 Å². The molecule has 0 unspecified atom stereocenters. The van der Waals surface area contributed by atoms with Crippen LogP contribution in [0.1, 0.15) is 21.5 Å². The van der Waals surface area contributed by atoms with Gasteiger partial charge in [0.2, 0.25) is 0 Å². The van der Waals surface area contributed by atoms with Crippen molar-refractivity contribution >= 4 is 33.6 Å². The molecule has 1 aliphatic carbocycles. The van der Waals surface area contributed by atoms with E-state index in [9.17, 15) is 14.4 Å². The van der Waals surface area contributed by atoms with Crippen LogP contribution in [0.3, 0.4) is 0 Å². The van der Waals surface area contributed by atoms with Gasteiger partial charge in [0.1, 0.15) is 6.54 Å². The second kappa shape index (κ2) is 8.37. The molecule has 4 aromatic carbocycles. The molecular weight excluding hydrogens is 438 g/mol. The molecule has 0 amide bonds. The number of Topliss-reactive ketones (excluding diaryl/α,β-unsaturated/α-hetero) is 1. The van der Waals surface area contributed by atoms with Crippen molar-refractivity contribution in [3.63, 3.8) is 0 Å². The van der Waals surface area contributed by atoms with Crippen LogP contribution >= 0.6 is 0 Å². The second-order valence-corrected chi connectivity index (χ2v) is 8.74. The van der Waals surface area contributed by atoms with Gasteiger partial charge < -0.3 is 9.30 Å². The van der Waals surface area contributed by atoms with E-state index in [-0.39, 0.29) is 24.4 Å². The maximum absolute atomic E-state index is 12.9. The fourth-order valence-corrected chi connectivity index (χ4v) is 4.95. The number of para-hydroxylation sites is 2. The monoisotopic (exact) mass is 459 g/mol. The highest BCUT2D eigenvalue weighted by atomic mass is 16.5. The van der Waals surface area contributed by atoms with Gasteiger partial charge in [0.25, 0.3) is 0 Å². The largest absolute Gasteiger partial charge is 0.456 e. The van der Waals surface area contributed by atoms with E-state index in [4.69, 9.17) is 4.74 Å². The minimum Gasteiger partial charge on any atom is -0.456 e. The Morgan fingerprint density at radius 1 is 0.743 bits per heavy atom. The summed E-state index contributed by atoms with van der Waals surface area (Å²) < 4.78 is 7.16. The van der Waals surface area contributed by atoms with Crippen LogP contribution in [0.4, 0.5) is 0 Å². The number of pyridine rings is 1. The van der Waals surface area contributed by atoms with Crippen molar-refractivity contribution in [2.24, 2.45) is 0 Å². The van der Waals surface area contributed by atoms with Gasteiger partial charge in [0, 0.05) is 16.3 Å². The summed E-state index contributed by atoms with van der Waals surface area (Å²) in [6.07, 6.45) is 0.857. The third kappa shape index (κ3) is 3.62. The average Bonchev–Trinajstić information content (AvgIpc) is 3.27. The second-order valence-electron chi connectivity index (χ2n) is 8.74. The molecule has 0 saturated heterocycles. The molecule has 0 spiro atoms. The topological polar surface area (TPSA) is 65.4 Å². The molecular formula is C30H21NO4. The molecule has 0 atom stereocenters. The number of rotatable bonds is 5. The molecule has 1 aromatic heterocycles. The molecule has 0 radical (unpaired) electrons. The average molecular weight is 460 g/mol. The first-order valence-corrected chi connectivity index (χ1v) is 11.5. The summed E-state index contributed by atoms with van der Waals surface area (Å²) in [6, 6.07) is 28.2. The van der Waals surface area contributed by atoms with Crippen LogP contribution in [0, 0.1) is 0 Å². The van der Waals surface area contributed by atoms with Crippen LogP contribution in [0.2, 0.25) is 0 Å². The zero-order chi connectivity index (χ0) is 23.9. The van der Waals surface area contributed by atoms with Crippen LogP contribution in [0.5, 0.6) is 0 Å². The number of hydrogen-bond acceptors (Lipinski definition) is 4. The summed E-state index contributed by atoms with van der Waals surface area (Å²) in [6.45, 7) is -0.443. The number of benzene rings is 4. The zero-order valence-electron chi connectivity index (χ0n) is 18.9. The Kier molecular flexibility index (Phi) is 5.03. The molecule has 5 heteroatoms. The standard InChI is InChI=1S/C30H21NO4/c32-28(21-14-13-20-15-19-7-1-2-8-22(19)25(20)16-21)18-35-29(33)17-31-26-11-5-3-9-23(26)30(34)24-10-4-6-12-27(24)31/h1-14,16H,15,17-18H2. The highest BCUT2D eigenvalue weighted by Crippen LogP contribution is 2.36. The third-order valence-corrected chi connectivity index (χ3v) is 6.65. The van der Waals surface area contributed by atoms with E-state index in [2.05, 4.69) is 12.1 Å². The lowest BCUT2D eigenvalue weighted by Crippen LogP contribution is -2.20. The molecule has 0 N–H and O–H groups in total. The Hall–Kier alpha value is -4.51. The third-order valence-electron chi connectivity index (χ3n) is 6.65.